The summed E-state index contributed by atoms with van der Waals surface area (Å²) in [6.45, 7) is 9.51. The van der Waals surface area contributed by atoms with Gasteiger partial charge in [0.2, 0.25) is 0 Å². The van der Waals surface area contributed by atoms with Gasteiger partial charge in [0.1, 0.15) is 11.6 Å². The van der Waals surface area contributed by atoms with Gasteiger partial charge in [-0.1, -0.05) is 13.8 Å². The monoisotopic (exact) mass is 381 g/mol. The van der Waals surface area contributed by atoms with Crippen LogP contribution >= 0.6 is 0 Å². The second-order valence-electron chi connectivity index (χ2n) is 6.81. The van der Waals surface area contributed by atoms with E-state index in [9.17, 15) is 9.50 Å². The molecule has 0 spiro atoms. The van der Waals surface area contributed by atoms with Crippen molar-refractivity contribution in [2.45, 2.75) is 52.9 Å². The Morgan fingerprint density at radius 2 is 1.81 bits per heavy atom. The van der Waals surface area contributed by atoms with E-state index in [0.717, 1.165) is 51.2 Å². The highest BCUT2D eigenvalue weighted by Crippen LogP contribution is 2.30. The summed E-state index contributed by atoms with van der Waals surface area (Å²) in [6, 6.07) is 6.09. The minimum atomic E-state index is -0.254. The zero-order valence-electron chi connectivity index (χ0n) is 17.1. The lowest BCUT2D eigenvalue weighted by Crippen LogP contribution is -2.39. The SMILES string of the molecule is CCNC(=NCC(CC)(CC)CCO)NCCCCOc1ccc(F)cc1. The van der Waals surface area contributed by atoms with Crippen LogP contribution in [0.25, 0.3) is 0 Å². The molecule has 0 aliphatic carbocycles. The van der Waals surface area contributed by atoms with Crippen LogP contribution in [0.3, 0.4) is 0 Å². The molecule has 1 aromatic carbocycles. The average molecular weight is 382 g/mol. The highest BCUT2D eigenvalue weighted by atomic mass is 19.1. The first-order chi connectivity index (χ1) is 13.1. The van der Waals surface area contributed by atoms with E-state index in [1.807, 2.05) is 6.92 Å². The molecule has 27 heavy (non-hydrogen) atoms. The van der Waals surface area contributed by atoms with E-state index >= 15 is 0 Å². The van der Waals surface area contributed by atoms with E-state index in [0.29, 0.717) is 18.9 Å². The molecule has 0 aliphatic rings. The van der Waals surface area contributed by atoms with Crippen LogP contribution in [0.4, 0.5) is 4.39 Å². The number of unbranched alkanes of at least 4 members (excludes halogenated alkanes) is 1. The van der Waals surface area contributed by atoms with Crippen molar-refractivity contribution in [3.05, 3.63) is 30.1 Å². The molecule has 5 nitrogen and oxygen atoms in total. The number of aliphatic imine (C=N–C) groups is 1. The van der Waals surface area contributed by atoms with Crippen LogP contribution in [0, 0.1) is 11.2 Å². The predicted octanol–water partition coefficient (Wildman–Crippen LogP) is 3.73. The summed E-state index contributed by atoms with van der Waals surface area (Å²) >= 11 is 0. The molecule has 6 heteroatoms. The summed E-state index contributed by atoms with van der Waals surface area (Å²) < 4.78 is 18.4. The van der Waals surface area contributed by atoms with Gasteiger partial charge in [-0.2, -0.15) is 0 Å². The first-order valence-electron chi connectivity index (χ1n) is 10.1. The van der Waals surface area contributed by atoms with Crippen molar-refractivity contribution in [2.24, 2.45) is 10.4 Å². The summed E-state index contributed by atoms with van der Waals surface area (Å²) in [6.07, 6.45) is 4.65. The van der Waals surface area contributed by atoms with Gasteiger partial charge in [-0.05, 0) is 68.7 Å². The first-order valence-corrected chi connectivity index (χ1v) is 10.1. The summed E-state index contributed by atoms with van der Waals surface area (Å²) in [5.41, 5.74) is 0.0695. The summed E-state index contributed by atoms with van der Waals surface area (Å²) in [5, 5.41) is 16.0. The van der Waals surface area contributed by atoms with E-state index in [-0.39, 0.29) is 17.8 Å². The molecule has 1 rings (SSSR count). The fourth-order valence-electron chi connectivity index (χ4n) is 2.89. The van der Waals surface area contributed by atoms with Crippen molar-refractivity contribution in [3.8, 4) is 5.75 Å². The Hall–Kier alpha value is -1.82. The van der Waals surface area contributed by atoms with Gasteiger partial charge in [-0.3, -0.25) is 4.99 Å². The molecule has 0 unspecified atom stereocenters. The molecule has 0 radical (unpaired) electrons. The van der Waals surface area contributed by atoms with Crippen LogP contribution < -0.4 is 15.4 Å². The Morgan fingerprint density at radius 3 is 2.41 bits per heavy atom. The minimum Gasteiger partial charge on any atom is -0.494 e. The molecule has 0 saturated carbocycles. The Balaban J connectivity index is 2.35. The Morgan fingerprint density at radius 1 is 1.11 bits per heavy atom. The molecule has 1 aromatic rings. The van der Waals surface area contributed by atoms with E-state index in [2.05, 4.69) is 24.5 Å². The molecule has 0 atom stereocenters. The number of benzene rings is 1. The Labute approximate surface area is 163 Å². The maximum Gasteiger partial charge on any atom is 0.191 e. The van der Waals surface area contributed by atoms with Crippen molar-refractivity contribution in [3.63, 3.8) is 0 Å². The van der Waals surface area contributed by atoms with Crippen LogP contribution in [0.2, 0.25) is 0 Å². The number of nitrogens with one attached hydrogen (secondary N) is 2. The second kappa shape index (κ2) is 13.4. The largest absolute Gasteiger partial charge is 0.494 e. The summed E-state index contributed by atoms with van der Waals surface area (Å²) in [5.74, 6) is 1.26. The number of ether oxygens (including phenoxy) is 1. The number of halogens is 1. The van der Waals surface area contributed by atoms with Gasteiger partial charge >= 0.3 is 0 Å². The number of nitrogens with zero attached hydrogens (tertiary/aromatic N) is 1. The molecule has 0 aliphatic heterocycles. The van der Waals surface area contributed by atoms with Gasteiger partial charge in [0, 0.05) is 26.2 Å². The zero-order chi connectivity index (χ0) is 20.0. The highest BCUT2D eigenvalue weighted by molar-refractivity contribution is 5.79. The molecule has 0 bridgehead atoms. The van der Waals surface area contributed by atoms with Crippen LogP contribution in [0.15, 0.2) is 29.3 Å². The third kappa shape index (κ3) is 9.09. The molecule has 0 aromatic heterocycles. The van der Waals surface area contributed by atoms with Crippen molar-refractivity contribution in [2.75, 3.05) is 32.8 Å². The molecule has 0 saturated heterocycles. The standard InChI is InChI=1S/C21H36FN3O2/c1-4-21(5-2,13-15-26)17-25-20(23-6-3)24-14-7-8-16-27-19-11-9-18(22)10-12-19/h9-12,26H,4-8,13-17H2,1-3H3,(H2,23,24,25). The Kier molecular flexibility index (Phi) is 11.5. The Bertz CT molecular complexity index is 531. The number of rotatable bonds is 13. The normalized spacial score (nSPS) is 12.1. The van der Waals surface area contributed by atoms with Crippen molar-refractivity contribution >= 4 is 5.96 Å². The van der Waals surface area contributed by atoms with Gasteiger partial charge in [0.15, 0.2) is 5.96 Å². The number of guanidine groups is 1. The molecular weight excluding hydrogens is 345 g/mol. The summed E-state index contributed by atoms with van der Waals surface area (Å²) in [4.78, 5) is 4.74. The van der Waals surface area contributed by atoms with Crippen molar-refractivity contribution in [1.29, 1.82) is 0 Å². The number of aliphatic hydroxyl groups excluding tert-OH is 1. The maximum absolute atomic E-state index is 12.8. The van der Waals surface area contributed by atoms with Crippen LogP contribution in [-0.2, 0) is 0 Å². The van der Waals surface area contributed by atoms with Crippen molar-refractivity contribution in [1.82, 2.24) is 10.6 Å². The molecular formula is C21H36FN3O2. The molecule has 0 fully saturated rings. The predicted molar refractivity (Wildman–Crippen MR) is 110 cm³/mol. The van der Waals surface area contributed by atoms with Gasteiger partial charge in [-0.15, -0.1) is 0 Å². The second-order valence-corrected chi connectivity index (χ2v) is 6.81. The van der Waals surface area contributed by atoms with Gasteiger partial charge in [-0.25, -0.2) is 4.39 Å². The van der Waals surface area contributed by atoms with E-state index in [4.69, 9.17) is 9.73 Å². The zero-order valence-corrected chi connectivity index (χ0v) is 17.1. The fraction of sp³-hybridized carbons (Fsp3) is 0.667. The molecule has 3 N–H and O–H groups in total. The van der Waals surface area contributed by atoms with Crippen LogP contribution in [0.5, 0.6) is 5.75 Å². The van der Waals surface area contributed by atoms with E-state index in [1.165, 1.54) is 12.1 Å². The third-order valence-electron chi connectivity index (χ3n) is 5.00. The maximum atomic E-state index is 12.8. The highest BCUT2D eigenvalue weighted by Gasteiger charge is 2.25. The molecule has 0 amide bonds. The summed E-state index contributed by atoms with van der Waals surface area (Å²) in [7, 11) is 0. The lowest BCUT2D eigenvalue weighted by molar-refractivity contribution is 0.175. The van der Waals surface area contributed by atoms with Gasteiger partial charge in [0.25, 0.3) is 0 Å². The van der Waals surface area contributed by atoms with Gasteiger partial charge in [0.05, 0.1) is 6.61 Å². The third-order valence-corrected chi connectivity index (χ3v) is 5.00. The fourth-order valence-corrected chi connectivity index (χ4v) is 2.89. The lowest BCUT2D eigenvalue weighted by atomic mass is 9.79. The van der Waals surface area contributed by atoms with E-state index in [1.54, 1.807) is 12.1 Å². The lowest BCUT2D eigenvalue weighted by Gasteiger charge is -2.29. The topological polar surface area (TPSA) is 65.9 Å². The first kappa shape index (κ1) is 23.2. The van der Waals surface area contributed by atoms with E-state index < -0.39 is 0 Å². The quantitative estimate of drug-likeness (QED) is 0.277. The number of aliphatic hydroxyl groups is 1. The molecule has 154 valence electrons. The van der Waals surface area contributed by atoms with Crippen LogP contribution in [0.1, 0.15) is 52.9 Å². The smallest absolute Gasteiger partial charge is 0.191 e. The minimum absolute atomic E-state index is 0.0695. The van der Waals surface area contributed by atoms with Crippen LogP contribution in [-0.4, -0.2) is 43.9 Å². The number of hydrogen-bond acceptors (Lipinski definition) is 3. The van der Waals surface area contributed by atoms with Crippen molar-refractivity contribution < 1.29 is 14.2 Å². The number of hydrogen-bond donors (Lipinski definition) is 3. The molecule has 0 heterocycles. The van der Waals surface area contributed by atoms with Gasteiger partial charge < -0.3 is 20.5 Å². The average Bonchev–Trinajstić information content (AvgIpc) is 2.69.